The number of ether oxygens (including phenoxy) is 1. The van der Waals surface area contributed by atoms with Crippen LogP contribution >= 0.6 is 15.9 Å². The molecule has 0 radical (unpaired) electrons. The molecule has 6 nitrogen and oxygen atoms in total. The molecule has 7 heteroatoms. The third-order valence-corrected chi connectivity index (χ3v) is 3.30. The molecule has 0 saturated carbocycles. The SMILES string of the molecule is COCCNCc1nnnn1-c1cc(C)ccc1Br. The first kappa shape index (κ1) is 14.1. The number of hydrogen-bond acceptors (Lipinski definition) is 5. The predicted octanol–water partition coefficient (Wildman–Crippen LogP) is 1.47. The van der Waals surface area contributed by atoms with Crippen molar-refractivity contribution >= 4 is 15.9 Å². The monoisotopic (exact) mass is 325 g/mol. The Hall–Kier alpha value is -1.31. The number of aryl methyl sites for hydroxylation is 1. The van der Waals surface area contributed by atoms with Gasteiger partial charge in [-0.2, -0.15) is 4.68 Å². The van der Waals surface area contributed by atoms with Crippen LogP contribution in [-0.2, 0) is 11.3 Å². The van der Waals surface area contributed by atoms with Crippen molar-refractivity contribution in [2.45, 2.75) is 13.5 Å². The zero-order valence-corrected chi connectivity index (χ0v) is 12.5. The van der Waals surface area contributed by atoms with E-state index in [0.717, 1.165) is 28.1 Å². The van der Waals surface area contributed by atoms with E-state index in [9.17, 15) is 0 Å². The summed E-state index contributed by atoms with van der Waals surface area (Å²) in [5.74, 6) is 0.766. The highest BCUT2D eigenvalue weighted by atomic mass is 79.9. The Kier molecular flexibility index (Phi) is 5.00. The molecule has 0 spiro atoms. The minimum atomic E-state index is 0.594. The Bertz CT molecular complexity index is 543. The van der Waals surface area contributed by atoms with Crippen LogP contribution in [0.15, 0.2) is 22.7 Å². The van der Waals surface area contributed by atoms with Gasteiger partial charge in [0.25, 0.3) is 0 Å². The molecular formula is C12H16BrN5O. The van der Waals surface area contributed by atoms with E-state index in [2.05, 4.69) is 36.8 Å². The van der Waals surface area contributed by atoms with Crippen LogP contribution in [0.2, 0.25) is 0 Å². The molecule has 1 aromatic heterocycles. The van der Waals surface area contributed by atoms with Gasteiger partial charge in [-0.15, -0.1) is 5.10 Å². The van der Waals surface area contributed by atoms with Crippen LogP contribution in [0.5, 0.6) is 0 Å². The van der Waals surface area contributed by atoms with Crippen molar-refractivity contribution in [2.75, 3.05) is 20.3 Å². The van der Waals surface area contributed by atoms with Gasteiger partial charge in [-0.1, -0.05) is 6.07 Å². The van der Waals surface area contributed by atoms with Crippen LogP contribution in [-0.4, -0.2) is 40.5 Å². The quantitative estimate of drug-likeness (QED) is 0.815. The fourth-order valence-corrected chi connectivity index (χ4v) is 2.08. The second kappa shape index (κ2) is 6.74. The third kappa shape index (κ3) is 3.59. The van der Waals surface area contributed by atoms with Gasteiger partial charge in [0.2, 0.25) is 0 Å². The van der Waals surface area contributed by atoms with Crippen LogP contribution < -0.4 is 5.32 Å². The smallest absolute Gasteiger partial charge is 0.170 e. The molecule has 0 atom stereocenters. The van der Waals surface area contributed by atoms with E-state index in [0.29, 0.717) is 13.2 Å². The molecule has 2 aromatic rings. The summed E-state index contributed by atoms with van der Waals surface area (Å²) in [7, 11) is 1.68. The molecular weight excluding hydrogens is 310 g/mol. The number of hydrogen-bond donors (Lipinski definition) is 1. The van der Waals surface area contributed by atoms with Crippen LogP contribution in [0.1, 0.15) is 11.4 Å². The Balaban J connectivity index is 2.16. The average Bonchev–Trinajstić information content (AvgIpc) is 2.86. The van der Waals surface area contributed by atoms with Gasteiger partial charge in [-0.05, 0) is 51.0 Å². The first-order valence-electron chi connectivity index (χ1n) is 5.96. The lowest BCUT2D eigenvalue weighted by molar-refractivity contribution is 0.199. The fourth-order valence-electron chi connectivity index (χ4n) is 1.66. The molecule has 1 heterocycles. The molecule has 102 valence electrons. The fraction of sp³-hybridized carbons (Fsp3) is 0.417. The number of nitrogens with zero attached hydrogens (tertiary/aromatic N) is 4. The standard InChI is InChI=1S/C12H16BrN5O/c1-9-3-4-10(13)11(7-9)18-12(15-16-17-18)8-14-5-6-19-2/h3-4,7,14H,5-6,8H2,1-2H3. The van der Waals surface area contributed by atoms with Gasteiger partial charge in [-0.25, -0.2) is 0 Å². The average molecular weight is 326 g/mol. The summed E-state index contributed by atoms with van der Waals surface area (Å²) in [6.07, 6.45) is 0. The zero-order chi connectivity index (χ0) is 13.7. The van der Waals surface area contributed by atoms with Crippen LogP contribution in [0.25, 0.3) is 5.69 Å². The van der Waals surface area contributed by atoms with E-state index in [-0.39, 0.29) is 0 Å². The van der Waals surface area contributed by atoms with Crippen molar-refractivity contribution in [2.24, 2.45) is 0 Å². The number of benzene rings is 1. The van der Waals surface area contributed by atoms with Gasteiger partial charge in [0.05, 0.1) is 18.8 Å². The van der Waals surface area contributed by atoms with Crippen molar-refractivity contribution in [1.29, 1.82) is 0 Å². The van der Waals surface area contributed by atoms with E-state index >= 15 is 0 Å². The van der Waals surface area contributed by atoms with Gasteiger partial charge < -0.3 is 10.1 Å². The summed E-state index contributed by atoms with van der Waals surface area (Å²) in [6, 6.07) is 6.07. The maximum Gasteiger partial charge on any atom is 0.170 e. The van der Waals surface area contributed by atoms with Crippen LogP contribution in [0.4, 0.5) is 0 Å². The maximum absolute atomic E-state index is 4.98. The zero-order valence-electron chi connectivity index (χ0n) is 10.9. The topological polar surface area (TPSA) is 64.9 Å². The molecule has 1 aromatic carbocycles. The second-order valence-corrected chi connectivity index (χ2v) is 4.99. The molecule has 0 aliphatic rings. The molecule has 0 aliphatic carbocycles. The number of methoxy groups -OCH3 is 1. The predicted molar refractivity (Wildman–Crippen MR) is 75.2 cm³/mol. The van der Waals surface area contributed by atoms with E-state index in [4.69, 9.17) is 4.74 Å². The van der Waals surface area contributed by atoms with Gasteiger partial charge in [0, 0.05) is 18.1 Å². The van der Waals surface area contributed by atoms with E-state index < -0.39 is 0 Å². The minimum absolute atomic E-state index is 0.594. The third-order valence-electron chi connectivity index (χ3n) is 2.63. The molecule has 0 amide bonds. The summed E-state index contributed by atoms with van der Waals surface area (Å²) in [6.45, 7) is 4.06. The number of tetrazole rings is 1. The first-order valence-corrected chi connectivity index (χ1v) is 6.75. The number of nitrogens with one attached hydrogen (secondary N) is 1. The summed E-state index contributed by atoms with van der Waals surface area (Å²) in [5.41, 5.74) is 2.10. The largest absolute Gasteiger partial charge is 0.383 e. The molecule has 0 fully saturated rings. The number of aromatic nitrogens is 4. The van der Waals surface area contributed by atoms with Crippen molar-refractivity contribution in [3.05, 3.63) is 34.1 Å². The lowest BCUT2D eigenvalue weighted by Crippen LogP contribution is -2.21. The summed E-state index contributed by atoms with van der Waals surface area (Å²) in [5, 5.41) is 15.0. The van der Waals surface area contributed by atoms with Crippen molar-refractivity contribution in [1.82, 2.24) is 25.5 Å². The van der Waals surface area contributed by atoms with E-state index in [1.807, 2.05) is 25.1 Å². The first-order chi connectivity index (χ1) is 9.22. The molecule has 1 N–H and O–H groups in total. The van der Waals surface area contributed by atoms with Crippen LogP contribution in [0, 0.1) is 6.92 Å². The van der Waals surface area contributed by atoms with Gasteiger partial charge in [-0.3, -0.25) is 0 Å². The summed E-state index contributed by atoms with van der Waals surface area (Å²) in [4.78, 5) is 0. The number of rotatable bonds is 6. The van der Waals surface area contributed by atoms with E-state index in [1.54, 1.807) is 11.8 Å². The Morgan fingerprint density at radius 2 is 2.26 bits per heavy atom. The van der Waals surface area contributed by atoms with E-state index in [1.165, 1.54) is 0 Å². The Morgan fingerprint density at radius 1 is 1.42 bits per heavy atom. The molecule has 0 aliphatic heterocycles. The lowest BCUT2D eigenvalue weighted by atomic mass is 10.2. The molecule has 19 heavy (non-hydrogen) atoms. The highest BCUT2D eigenvalue weighted by molar-refractivity contribution is 9.10. The summed E-state index contributed by atoms with van der Waals surface area (Å²) >= 11 is 3.52. The Labute approximate surface area is 120 Å². The molecule has 0 unspecified atom stereocenters. The summed E-state index contributed by atoms with van der Waals surface area (Å²) < 4.78 is 7.68. The highest BCUT2D eigenvalue weighted by Crippen LogP contribution is 2.22. The van der Waals surface area contributed by atoms with Crippen molar-refractivity contribution in [3.8, 4) is 5.69 Å². The molecule has 0 saturated heterocycles. The molecule has 0 bridgehead atoms. The van der Waals surface area contributed by atoms with Gasteiger partial charge >= 0.3 is 0 Å². The van der Waals surface area contributed by atoms with Gasteiger partial charge in [0.1, 0.15) is 0 Å². The Morgan fingerprint density at radius 3 is 3.05 bits per heavy atom. The minimum Gasteiger partial charge on any atom is -0.383 e. The molecule has 2 rings (SSSR count). The normalized spacial score (nSPS) is 10.9. The van der Waals surface area contributed by atoms with Crippen molar-refractivity contribution in [3.63, 3.8) is 0 Å². The number of halogens is 1. The maximum atomic E-state index is 4.98. The second-order valence-electron chi connectivity index (χ2n) is 4.13. The lowest BCUT2D eigenvalue weighted by Gasteiger charge is -2.08. The highest BCUT2D eigenvalue weighted by Gasteiger charge is 2.10. The van der Waals surface area contributed by atoms with Gasteiger partial charge in [0.15, 0.2) is 5.82 Å². The van der Waals surface area contributed by atoms with Crippen LogP contribution in [0.3, 0.4) is 0 Å². The van der Waals surface area contributed by atoms with Crippen molar-refractivity contribution < 1.29 is 4.74 Å².